The van der Waals surface area contributed by atoms with Gasteiger partial charge in [-0.1, -0.05) is 42.3 Å². The van der Waals surface area contributed by atoms with Crippen molar-refractivity contribution in [2.75, 3.05) is 6.54 Å². The highest BCUT2D eigenvalue weighted by molar-refractivity contribution is 6.42. The molecule has 7 nitrogen and oxygen atoms in total. The molecular weight excluding hydrogens is 429 g/mol. The van der Waals surface area contributed by atoms with Gasteiger partial charge in [-0.25, -0.2) is 0 Å². The second kappa shape index (κ2) is 7.96. The SMILES string of the molecule is CC1CCCN2C(=O)c3c(O)c(=O)c(C(=O)NCc4cccc(Cl)c4Cl)cn3CC12. The summed E-state index contributed by atoms with van der Waals surface area (Å²) in [7, 11) is 0. The van der Waals surface area contributed by atoms with Crippen LogP contribution >= 0.6 is 23.2 Å². The molecular formula is C21H21Cl2N3O4. The smallest absolute Gasteiger partial charge is 0.274 e. The Kier molecular flexibility index (Phi) is 5.51. The molecule has 0 saturated carbocycles. The fourth-order valence-corrected chi connectivity index (χ4v) is 4.64. The highest BCUT2D eigenvalue weighted by atomic mass is 35.5. The van der Waals surface area contributed by atoms with Crippen molar-refractivity contribution in [3.05, 3.63) is 61.5 Å². The Labute approximate surface area is 183 Å². The van der Waals surface area contributed by atoms with Crippen LogP contribution in [0.15, 0.2) is 29.2 Å². The highest BCUT2D eigenvalue weighted by Gasteiger charge is 2.40. The number of rotatable bonds is 3. The first-order valence-corrected chi connectivity index (χ1v) is 10.5. The second-order valence-electron chi connectivity index (χ2n) is 7.80. The Morgan fingerprint density at radius 3 is 2.83 bits per heavy atom. The minimum atomic E-state index is -0.868. The van der Waals surface area contributed by atoms with Gasteiger partial charge in [-0.2, -0.15) is 0 Å². The summed E-state index contributed by atoms with van der Waals surface area (Å²) in [5.74, 6) is -1.43. The summed E-state index contributed by atoms with van der Waals surface area (Å²) in [4.78, 5) is 40.0. The van der Waals surface area contributed by atoms with Crippen LogP contribution in [0.1, 0.15) is 46.2 Å². The number of fused-ring (bicyclic) bond motifs is 2. The lowest BCUT2D eigenvalue weighted by molar-refractivity contribution is 0.0383. The molecule has 0 spiro atoms. The van der Waals surface area contributed by atoms with Crippen LogP contribution in [0.5, 0.6) is 5.75 Å². The molecule has 0 aliphatic carbocycles. The van der Waals surface area contributed by atoms with E-state index in [1.54, 1.807) is 23.1 Å². The van der Waals surface area contributed by atoms with E-state index in [4.69, 9.17) is 23.2 Å². The highest BCUT2D eigenvalue weighted by Crippen LogP contribution is 2.32. The number of carbonyl (C=O) groups is 2. The largest absolute Gasteiger partial charge is 0.503 e. The first-order valence-electron chi connectivity index (χ1n) is 9.78. The Hall–Kier alpha value is -2.51. The number of piperidine rings is 1. The molecule has 2 aliphatic rings. The van der Waals surface area contributed by atoms with Crippen molar-refractivity contribution < 1.29 is 14.7 Å². The van der Waals surface area contributed by atoms with Gasteiger partial charge in [0.2, 0.25) is 5.43 Å². The molecule has 9 heteroatoms. The molecule has 2 atom stereocenters. The Morgan fingerprint density at radius 1 is 1.30 bits per heavy atom. The predicted octanol–water partition coefficient (Wildman–Crippen LogP) is 3.05. The van der Waals surface area contributed by atoms with E-state index >= 15 is 0 Å². The van der Waals surface area contributed by atoms with Crippen molar-refractivity contribution in [3.8, 4) is 5.75 Å². The summed E-state index contributed by atoms with van der Waals surface area (Å²) in [6.45, 7) is 3.17. The van der Waals surface area contributed by atoms with Crippen LogP contribution in [-0.4, -0.2) is 39.0 Å². The summed E-state index contributed by atoms with van der Waals surface area (Å²) in [6, 6.07) is 5.03. The van der Waals surface area contributed by atoms with E-state index in [2.05, 4.69) is 12.2 Å². The van der Waals surface area contributed by atoms with Crippen LogP contribution < -0.4 is 10.7 Å². The van der Waals surface area contributed by atoms with Crippen LogP contribution in [0.25, 0.3) is 0 Å². The topological polar surface area (TPSA) is 91.6 Å². The van der Waals surface area contributed by atoms with Crippen LogP contribution in [0.4, 0.5) is 0 Å². The van der Waals surface area contributed by atoms with Crippen molar-refractivity contribution in [3.63, 3.8) is 0 Å². The molecule has 1 saturated heterocycles. The van der Waals surface area contributed by atoms with Gasteiger partial charge in [0.05, 0.1) is 16.1 Å². The first-order chi connectivity index (χ1) is 14.3. The molecule has 30 heavy (non-hydrogen) atoms. The third-order valence-corrected chi connectivity index (χ3v) is 6.79. The molecule has 158 valence electrons. The molecule has 2 aromatic rings. The van der Waals surface area contributed by atoms with Crippen molar-refractivity contribution in [2.45, 2.75) is 38.9 Å². The number of benzene rings is 1. The fourth-order valence-electron chi connectivity index (χ4n) is 4.25. The number of aromatic nitrogens is 1. The van der Waals surface area contributed by atoms with Gasteiger partial charge in [-0.15, -0.1) is 0 Å². The molecule has 2 aliphatic heterocycles. The van der Waals surface area contributed by atoms with Crippen molar-refractivity contribution in [1.29, 1.82) is 0 Å². The van der Waals surface area contributed by atoms with Crippen LogP contribution in [0.3, 0.4) is 0 Å². The number of aromatic hydroxyl groups is 1. The van der Waals surface area contributed by atoms with Gasteiger partial charge in [0.1, 0.15) is 5.56 Å². The minimum Gasteiger partial charge on any atom is -0.503 e. The Morgan fingerprint density at radius 2 is 2.07 bits per heavy atom. The lowest BCUT2D eigenvalue weighted by atomic mass is 9.88. The summed E-state index contributed by atoms with van der Waals surface area (Å²) in [5.41, 5.74) is -0.548. The zero-order valence-electron chi connectivity index (χ0n) is 16.3. The minimum absolute atomic E-state index is 0.0261. The maximum absolute atomic E-state index is 12.9. The molecule has 0 radical (unpaired) electrons. The van der Waals surface area contributed by atoms with Crippen molar-refractivity contribution in [1.82, 2.24) is 14.8 Å². The van der Waals surface area contributed by atoms with E-state index in [9.17, 15) is 19.5 Å². The van der Waals surface area contributed by atoms with Gasteiger partial charge in [0, 0.05) is 25.8 Å². The van der Waals surface area contributed by atoms with Crippen molar-refractivity contribution in [2.24, 2.45) is 5.92 Å². The van der Waals surface area contributed by atoms with Gasteiger partial charge in [0.15, 0.2) is 11.4 Å². The fraction of sp³-hybridized carbons (Fsp3) is 0.381. The second-order valence-corrected chi connectivity index (χ2v) is 8.59. The molecule has 2 N–H and O–H groups in total. The molecule has 1 fully saturated rings. The van der Waals surface area contributed by atoms with Gasteiger partial charge < -0.3 is 19.9 Å². The standard InChI is InChI=1S/C21H21Cl2N3O4/c1-11-4-3-7-26-15(11)10-25-9-13(18(27)19(28)17(25)21(26)30)20(29)24-8-12-5-2-6-14(22)16(12)23/h2,5-6,9,11,15,28H,3-4,7-8,10H2,1H3,(H,24,29). The Balaban J connectivity index is 1.64. The number of carbonyl (C=O) groups excluding carboxylic acids is 2. The summed E-state index contributed by atoms with van der Waals surface area (Å²) in [6.07, 6.45) is 3.26. The van der Waals surface area contributed by atoms with Gasteiger partial charge in [0.25, 0.3) is 11.8 Å². The average molecular weight is 450 g/mol. The number of nitrogens with zero attached hydrogens (tertiary/aromatic N) is 2. The molecule has 2 amide bonds. The van der Waals surface area contributed by atoms with E-state index in [0.29, 0.717) is 34.6 Å². The summed E-state index contributed by atoms with van der Waals surface area (Å²) in [5, 5.41) is 13.8. The van der Waals surface area contributed by atoms with Gasteiger partial charge >= 0.3 is 0 Å². The van der Waals surface area contributed by atoms with Gasteiger partial charge in [-0.05, 0) is 30.4 Å². The van der Waals surface area contributed by atoms with Gasteiger partial charge in [-0.3, -0.25) is 14.4 Å². The molecule has 1 aromatic heterocycles. The zero-order valence-corrected chi connectivity index (χ0v) is 17.8. The van der Waals surface area contributed by atoms with E-state index in [-0.39, 0.29) is 29.8 Å². The van der Waals surface area contributed by atoms with E-state index < -0.39 is 17.1 Å². The molecule has 0 bridgehead atoms. The maximum Gasteiger partial charge on any atom is 0.274 e. The predicted molar refractivity (Wildman–Crippen MR) is 113 cm³/mol. The summed E-state index contributed by atoms with van der Waals surface area (Å²) < 4.78 is 1.53. The van der Waals surface area contributed by atoms with Crippen LogP contribution in [-0.2, 0) is 13.1 Å². The molecule has 2 unspecified atom stereocenters. The quantitative estimate of drug-likeness (QED) is 0.752. The number of hydrogen-bond donors (Lipinski definition) is 2. The maximum atomic E-state index is 12.9. The first kappa shape index (κ1) is 20.8. The van der Waals surface area contributed by atoms with Crippen LogP contribution in [0.2, 0.25) is 10.0 Å². The average Bonchev–Trinajstić information content (AvgIpc) is 2.72. The summed E-state index contributed by atoms with van der Waals surface area (Å²) >= 11 is 12.1. The number of pyridine rings is 1. The van der Waals surface area contributed by atoms with E-state index in [1.165, 1.54) is 10.8 Å². The zero-order chi connectivity index (χ0) is 21.6. The lowest BCUT2D eigenvalue weighted by Gasteiger charge is -2.44. The lowest BCUT2D eigenvalue weighted by Crippen LogP contribution is -2.54. The molecule has 4 rings (SSSR count). The number of amides is 2. The number of hydrogen-bond acceptors (Lipinski definition) is 4. The molecule has 3 heterocycles. The molecule has 1 aromatic carbocycles. The van der Waals surface area contributed by atoms with E-state index in [0.717, 1.165) is 12.8 Å². The Bertz CT molecular complexity index is 1100. The van der Waals surface area contributed by atoms with Crippen LogP contribution in [0, 0.1) is 5.92 Å². The third-order valence-electron chi connectivity index (χ3n) is 5.93. The number of nitrogens with one attached hydrogen (secondary N) is 1. The normalized spacial score (nSPS) is 20.5. The monoisotopic (exact) mass is 449 g/mol. The number of halogens is 2. The third kappa shape index (κ3) is 3.46. The van der Waals surface area contributed by atoms with E-state index in [1.807, 2.05) is 0 Å². The van der Waals surface area contributed by atoms with Crippen molar-refractivity contribution >= 4 is 35.0 Å².